The van der Waals surface area contributed by atoms with Gasteiger partial charge in [-0.3, -0.25) is 0 Å². The van der Waals surface area contributed by atoms with Crippen molar-refractivity contribution in [2.75, 3.05) is 0 Å². The molecule has 8 nitrogen and oxygen atoms in total. The summed E-state index contributed by atoms with van der Waals surface area (Å²) in [6, 6.07) is 28.1. The van der Waals surface area contributed by atoms with Gasteiger partial charge in [-0.2, -0.15) is 0 Å². The van der Waals surface area contributed by atoms with E-state index in [2.05, 4.69) is 34.2 Å². The third-order valence-electron chi connectivity index (χ3n) is 8.32. The molecule has 0 amide bonds. The predicted molar refractivity (Wildman–Crippen MR) is 171 cm³/mol. The maximum Gasteiger partial charge on any atom is 0.227 e. The zero-order valence-corrected chi connectivity index (χ0v) is 22.9. The van der Waals surface area contributed by atoms with Crippen molar-refractivity contribution < 1.29 is 8.83 Å². The first kappa shape index (κ1) is 23.3. The van der Waals surface area contributed by atoms with Crippen LogP contribution in [0.25, 0.3) is 99.5 Å². The van der Waals surface area contributed by atoms with Gasteiger partial charge in [0.2, 0.25) is 11.4 Å². The topological polar surface area (TPSA) is 104 Å². The molecule has 0 fully saturated rings. The molecule has 0 spiro atoms. The lowest BCUT2D eigenvalue weighted by molar-refractivity contribution is 0.653. The molecule has 10 rings (SSSR count). The first-order valence-corrected chi connectivity index (χ1v) is 14.2. The summed E-state index contributed by atoms with van der Waals surface area (Å²) < 4.78 is 11.9. The second-order valence-electron chi connectivity index (χ2n) is 10.8. The van der Waals surface area contributed by atoms with Crippen LogP contribution >= 0.6 is 0 Å². The standard InChI is InChI=1S/C36H18N6O2/c1-2-6-22-21(5-1)27-17-39-33(19-9-11-29-25(15-19)23-7-3-13-37-35(23)43-29)41-31(27)32-28(22)18-40-34(42-32)20-10-12-30-26(16-20)24-8-4-14-38-36(24)44-30/h1-18H. The van der Waals surface area contributed by atoms with Crippen molar-refractivity contribution in [1.82, 2.24) is 29.9 Å². The smallest absolute Gasteiger partial charge is 0.227 e. The van der Waals surface area contributed by atoms with Crippen LogP contribution in [0.1, 0.15) is 0 Å². The van der Waals surface area contributed by atoms with Crippen molar-refractivity contribution in [3.63, 3.8) is 0 Å². The Kier molecular flexibility index (Phi) is 4.57. The van der Waals surface area contributed by atoms with Gasteiger partial charge in [0, 0.05) is 68.2 Å². The molecule has 0 N–H and O–H groups in total. The van der Waals surface area contributed by atoms with Crippen LogP contribution in [0.3, 0.4) is 0 Å². The summed E-state index contributed by atoms with van der Waals surface area (Å²) in [6.45, 7) is 0. The first-order chi connectivity index (χ1) is 21.8. The minimum atomic E-state index is 0.605. The summed E-state index contributed by atoms with van der Waals surface area (Å²) in [6.07, 6.45) is 7.26. The van der Waals surface area contributed by atoms with E-state index in [1.54, 1.807) is 12.4 Å². The summed E-state index contributed by atoms with van der Waals surface area (Å²) >= 11 is 0. The van der Waals surface area contributed by atoms with Crippen molar-refractivity contribution in [1.29, 1.82) is 0 Å². The maximum absolute atomic E-state index is 5.94. The van der Waals surface area contributed by atoms with E-state index in [-0.39, 0.29) is 0 Å². The van der Waals surface area contributed by atoms with Crippen LogP contribution in [0.4, 0.5) is 0 Å². The molecule has 0 aliphatic rings. The Labute approximate surface area is 247 Å². The highest BCUT2D eigenvalue weighted by Crippen LogP contribution is 2.36. The van der Waals surface area contributed by atoms with Crippen molar-refractivity contribution in [3.8, 4) is 22.8 Å². The number of nitrogens with zero attached hydrogens (tertiary/aromatic N) is 6. The molecule has 0 saturated heterocycles. The average Bonchev–Trinajstić information content (AvgIpc) is 3.65. The van der Waals surface area contributed by atoms with Gasteiger partial charge < -0.3 is 8.83 Å². The fraction of sp³-hybridized carbons (Fsp3) is 0. The SMILES string of the molecule is c1cnc2oc3ccc(-c4ncc5c6ccccc6c6cnc(-c7ccc8oc9ncccc9c8c7)nc6c5n4)cc3c2c1. The molecule has 6 heterocycles. The number of hydrogen-bond acceptors (Lipinski definition) is 8. The summed E-state index contributed by atoms with van der Waals surface area (Å²) in [5.41, 5.74) is 6.07. The third kappa shape index (κ3) is 3.27. The lowest BCUT2D eigenvalue weighted by Crippen LogP contribution is -1.96. The molecular weight excluding hydrogens is 548 g/mol. The molecule has 8 heteroatoms. The van der Waals surface area contributed by atoms with Crippen molar-refractivity contribution >= 4 is 76.7 Å². The Balaban J connectivity index is 1.22. The largest absolute Gasteiger partial charge is 0.438 e. The molecule has 0 unspecified atom stereocenters. The number of aromatic nitrogens is 6. The molecular formula is C36H18N6O2. The van der Waals surface area contributed by atoms with E-state index in [4.69, 9.17) is 28.8 Å². The van der Waals surface area contributed by atoms with Gasteiger partial charge in [-0.15, -0.1) is 0 Å². The Bertz CT molecular complexity index is 2610. The molecule has 44 heavy (non-hydrogen) atoms. The maximum atomic E-state index is 5.94. The van der Waals surface area contributed by atoms with E-state index in [0.29, 0.717) is 23.1 Å². The highest BCUT2D eigenvalue weighted by Gasteiger charge is 2.17. The van der Waals surface area contributed by atoms with E-state index in [1.807, 2.05) is 73.1 Å². The van der Waals surface area contributed by atoms with Crippen LogP contribution in [0.15, 0.2) is 119 Å². The number of benzene rings is 4. The van der Waals surface area contributed by atoms with Gasteiger partial charge in [0.25, 0.3) is 0 Å². The zero-order valence-electron chi connectivity index (χ0n) is 22.9. The Morgan fingerprint density at radius 1 is 0.409 bits per heavy atom. The van der Waals surface area contributed by atoms with Crippen molar-refractivity contribution in [3.05, 3.63) is 110 Å². The van der Waals surface area contributed by atoms with Gasteiger partial charge in [-0.1, -0.05) is 24.3 Å². The van der Waals surface area contributed by atoms with Crippen LogP contribution in [-0.2, 0) is 0 Å². The number of furan rings is 2. The van der Waals surface area contributed by atoms with Crippen LogP contribution in [0, 0.1) is 0 Å². The highest BCUT2D eigenvalue weighted by atomic mass is 16.3. The molecule has 0 aliphatic carbocycles. The fourth-order valence-electron chi connectivity index (χ4n) is 6.25. The molecule has 0 saturated carbocycles. The second kappa shape index (κ2) is 8.62. The molecule has 204 valence electrons. The molecule has 6 aromatic heterocycles. The van der Waals surface area contributed by atoms with Crippen molar-refractivity contribution in [2.45, 2.75) is 0 Å². The number of rotatable bonds is 2. The minimum absolute atomic E-state index is 0.605. The fourth-order valence-corrected chi connectivity index (χ4v) is 6.25. The van der Waals surface area contributed by atoms with Crippen LogP contribution in [0.5, 0.6) is 0 Å². The number of pyridine rings is 2. The molecule has 4 aromatic carbocycles. The minimum Gasteiger partial charge on any atom is -0.438 e. The van der Waals surface area contributed by atoms with Gasteiger partial charge in [0.1, 0.15) is 22.2 Å². The molecule has 0 radical (unpaired) electrons. The molecule has 10 aromatic rings. The van der Waals surface area contributed by atoms with E-state index < -0.39 is 0 Å². The van der Waals surface area contributed by atoms with Crippen LogP contribution in [-0.4, -0.2) is 29.9 Å². The van der Waals surface area contributed by atoms with E-state index in [1.165, 1.54) is 0 Å². The van der Waals surface area contributed by atoms with Gasteiger partial charge >= 0.3 is 0 Å². The third-order valence-corrected chi connectivity index (χ3v) is 8.32. The van der Waals surface area contributed by atoms with Gasteiger partial charge in [-0.25, -0.2) is 29.9 Å². The predicted octanol–water partition coefficient (Wildman–Crippen LogP) is 8.65. The quantitative estimate of drug-likeness (QED) is 0.192. The van der Waals surface area contributed by atoms with Gasteiger partial charge in [-0.05, 0) is 71.4 Å². The lowest BCUT2D eigenvalue weighted by Gasteiger charge is -2.11. The second-order valence-corrected chi connectivity index (χ2v) is 10.8. The monoisotopic (exact) mass is 566 g/mol. The number of fused-ring (bicyclic) bond motifs is 12. The molecule has 0 bridgehead atoms. The van der Waals surface area contributed by atoms with Crippen molar-refractivity contribution in [2.24, 2.45) is 0 Å². The molecule has 0 atom stereocenters. The normalized spacial score (nSPS) is 12.1. The highest BCUT2D eigenvalue weighted by molar-refractivity contribution is 6.23. The van der Waals surface area contributed by atoms with Gasteiger partial charge in [0.05, 0.1) is 0 Å². The Morgan fingerprint density at radius 2 is 0.886 bits per heavy atom. The summed E-state index contributed by atoms with van der Waals surface area (Å²) in [7, 11) is 0. The van der Waals surface area contributed by atoms with E-state index in [9.17, 15) is 0 Å². The summed E-state index contributed by atoms with van der Waals surface area (Å²) in [5.74, 6) is 1.21. The average molecular weight is 567 g/mol. The van der Waals surface area contributed by atoms with Crippen LogP contribution < -0.4 is 0 Å². The Morgan fingerprint density at radius 3 is 1.39 bits per heavy atom. The molecule has 0 aliphatic heterocycles. The van der Waals surface area contributed by atoms with Gasteiger partial charge in [0.15, 0.2) is 11.6 Å². The Hall–Kier alpha value is -6.28. The van der Waals surface area contributed by atoms with Crippen LogP contribution in [0.2, 0.25) is 0 Å². The van der Waals surface area contributed by atoms with E-state index >= 15 is 0 Å². The van der Waals surface area contributed by atoms with E-state index in [0.717, 1.165) is 76.4 Å². The summed E-state index contributed by atoms with van der Waals surface area (Å²) in [5, 5.41) is 7.83. The zero-order chi connectivity index (χ0) is 28.8. The lowest BCUT2D eigenvalue weighted by atomic mass is 10.0. The number of hydrogen-bond donors (Lipinski definition) is 0. The summed E-state index contributed by atoms with van der Waals surface area (Å²) in [4.78, 5) is 28.7. The first-order valence-electron chi connectivity index (χ1n) is 14.2.